The van der Waals surface area contributed by atoms with Crippen LogP contribution in [-0.2, 0) is 26.4 Å². The molecule has 0 saturated heterocycles. The van der Waals surface area contributed by atoms with E-state index < -0.39 is 0 Å². The van der Waals surface area contributed by atoms with Gasteiger partial charge >= 0.3 is 0 Å². The highest BCUT2D eigenvalue weighted by Crippen LogP contribution is 2.30. The van der Waals surface area contributed by atoms with E-state index in [9.17, 15) is 4.79 Å². The number of aromatic nitrogens is 4. The molecular formula is C25H31N5O. The zero-order valence-corrected chi connectivity index (χ0v) is 19.0. The van der Waals surface area contributed by atoms with Crippen molar-refractivity contribution in [3.05, 3.63) is 65.1 Å². The van der Waals surface area contributed by atoms with Crippen LogP contribution in [0, 0.1) is 5.41 Å². The first-order valence-corrected chi connectivity index (χ1v) is 10.8. The first kappa shape index (κ1) is 21.0. The Labute approximate surface area is 183 Å². The summed E-state index contributed by atoms with van der Waals surface area (Å²) in [5, 5.41) is 11.9. The monoisotopic (exact) mass is 417 g/mol. The summed E-state index contributed by atoms with van der Waals surface area (Å²) in [7, 11) is 1.97. The Hall–Kier alpha value is -3.28. The fourth-order valence-corrected chi connectivity index (χ4v) is 4.04. The summed E-state index contributed by atoms with van der Waals surface area (Å²) in [6.07, 6.45) is 3.84. The van der Waals surface area contributed by atoms with E-state index in [4.69, 9.17) is 0 Å². The second-order valence-electron chi connectivity index (χ2n) is 9.40. The minimum absolute atomic E-state index is 0.0765. The van der Waals surface area contributed by atoms with Gasteiger partial charge in [0.2, 0.25) is 0 Å². The lowest BCUT2D eigenvalue weighted by Crippen LogP contribution is -2.23. The third kappa shape index (κ3) is 4.43. The highest BCUT2D eigenvalue weighted by Gasteiger charge is 2.20. The summed E-state index contributed by atoms with van der Waals surface area (Å²) in [4.78, 5) is 16.1. The van der Waals surface area contributed by atoms with Crippen LogP contribution in [0.2, 0.25) is 0 Å². The van der Waals surface area contributed by atoms with Gasteiger partial charge in [-0.3, -0.25) is 9.89 Å². The molecule has 6 nitrogen and oxygen atoms in total. The normalized spacial score (nSPS) is 11.9. The first-order chi connectivity index (χ1) is 14.7. The molecule has 0 aliphatic heterocycles. The van der Waals surface area contributed by atoms with Crippen molar-refractivity contribution in [2.75, 3.05) is 0 Å². The van der Waals surface area contributed by atoms with E-state index in [1.54, 1.807) is 0 Å². The standard InChI is InChI=1S/C25H31N5O/c1-6-19-22(14-25(2,3)4)28-29-23(19)21-13-17-12-16(9-10-20(17)27-21)24(31)26-15-18-8-7-11-30(18)5/h7-13,27H,6,14-15H2,1-5H3,(H,26,31)(H,28,29). The highest BCUT2D eigenvalue weighted by atomic mass is 16.1. The number of hydrogen-bond donors (Lipinski definition) is 3. The molecule has 4 rings (SSSR count). The van der Waals surface area contributed by atoms with Crippen LogP contribution in [0.15, 0.2) is 42.6 Å². The van der Waals surface area contributed by atoms with E-state index >= 15 is 0 Å². The Morgan fingerprint density at radius 3 is 2.68 bits per heavy atom. The van der Waals surface area contributed by atoms with Gasteiger partial charge in [0.05, 0.1) is 12.2 Å². The number of rotatable bonds is 6. The molecule has 0 spiro atoms. The smallest absolute Gasteiger partial charge is 0.251 e. The molecule has 0 unspecified atom stereocenters. The van der Waals surface area contributed by atoms with Crippen molar-refractivity contribution in [3.63, 3.8) is 0 Å². The van der Waals surface area contributed by atoms with Crippen LogP contribution in [0.1, 0.15) is 55.0 Å². The Kier molecular flexibility index (Phi) is 5.48. The van der Waals surface area contributed by atoms with Crippen LogP contribution in [0.3, 0.4) is 0 Å². The number of amides is 1. The van der Waals surface area contributed by atoms with Gasteiger partial charge in [0.15, 0.2) is 0 Å². The minimum atomic E-state index is -0.0765. The number of benzene rings is 1. The Morgan fingerprint density at radius 2 is 2.00 bits per heavy atom. The second kappa shape index (κ2) is 8.10. The van der Waals surface area contributed by atoms with Gasteiger partial charge in [-0.2, -0.15) is 5.10 Å². The van der Waals surface area contributed by atoms with Crippen LogP contribution < -0.4 is 5.32 Å². The van der Waals surface area contributed by atoms with E-state index in [1.807, 2.05) is 48.1 Å². The molecule has 0 saturated carbocycles. The molecule has 0 fully saturated rings. The molecule has 31 heavy (non-hydrogen) atoms. The van der Waals surface area contributed by atoms with Gasteiger partial charge in [0, 0.05) is 46.7 Å². The second-order valence-corrected chi connectivity index (χ2v) is 9.40. The van der Waals surface area contributed by atoms with Crippen molar-refractivity contribution in [1.82, 2.24) is 25.1 Å². The number of aromatic amines is 2. The van der Waals surface area contributed by atoms with Crippen molar-refractivity contribution in [2.24, 2.45) is 12.5 Å². The largest absolute Gasteiger partial charge is 0.353 e. The maximum absolute atomic E-state index is 12.7. The van der Waals surface area contributed by atoms with Gasteiger partial charge in [-0.15, -0.1) is 0 Å². The first-order valence-electron chi connectivity index (χ1n) is 10.8. The summed E-state index contributed by atoms with van der Waals surface area (Å²) < 4.78 is 2.00. The number of fused-ring (bicyclic) bond motifs is 1. The molecule has 0 atom stereocenters. The van der Waals surface area contributed by atoms with Crippen molar-refractivity contribution in [2.45, 2.75) is 47.1 Å². The highest BCUT2D eigenvalue weighted by molar-refractivity contribution is 5.99. The van der Waals surface area contributed by atoms with Crippen LogP contribution in [0.5, 0.6) is 0 Å². The zero-order chi connectivity index (χ0) is 22.2. The van der Waals surface area contributed by atoms with E-state index in [0.29, 0.717) is 12.1 Å². The fourth-order valence-electron chi connectivity index (χ4n) is 4.04. The number of H-pyrrole nitrogens is 2. The van der Waals surface area contributed by atoms with E-state index in [0.717, 1.165) is 40.8 Å². The summed E-state index contributed by atoms with van der Waals surface area (Å²) in [5.41, 5.74) is 7.30. The minimum Gasteiger partial charge on any atom is -0.353 e. The molecule has 162 valence electrons. The van der Waals surface area contributed by atoms with Crippen LogP contribution in [0.4, 0.5) is 0 Å². The third-order valence-corrected chi connectivity index (χ3v) is 5.63. The Bertz CT molecular complexity index is 1220. The van der Waals surface area contributed by atoms with Crippen molar-refractivity contribution in [1.29, 1.82) is 0 Å². The Morgan fingerprint density at radius 1 is 1.19 bits per heavy atom. The predicted molar refractivity (Wildman–Crippen MR) is 125 cm³/mol. The van der Waals surface area contributed by atoms with Gasteiger partial charge in [-0.05, 0) is 54.7 Å². The average Bonchev–Trinajstić information content (AvgIpc) is 3.41. The molecule has 3 N–H and O–H groups in total. The number of carbonyl (C=O) groups is 1. The Balaban J connectivity index is 1.58. The van der Waals surface area contributed by atoms with Gasteiger partial charge in [0.1, 0.15) is 5.69 Å². The molecule has 1 amide bonds. The van der Waals surface area contributed by atoms with Crippen molar-refractivity contribution >= 4 is 16.8 Å². The summed E-state index contributed by atoms with van der Waals surface area (Å²) in [6, 6.07) is 11.8. The van der Waals surface area contributed by atoms with E-state index in [-0.39, 0.29) is 11.3 Å². The molecule has 3 aromatic heterocycles. The van der Waals surface area contributed by atoms with E-state index in [2.05, 4.69) is 54.3 Å². The van der Waals surface area contributed by atoms with Gasteiger partial charge in [0.25, 0.3) is 5.91 Å². The summed E-state index contributed by atoms with van der Waals surface area (Å²) >= 11 is 0. The maximum Gasteiger partial charge on any atom is 0.251 e. The van der Waals surface area contributed by atoms with Crippen molar-refractivity contribution < 1.29 is 4.79 Å². The fraction of sp³-hybridized carbons (Fsp3) is 0.360. The number of nitrogens with one attached hydrogen (secondary N) is 3. The third-order valence-electron chi connectivity index (χ3n) is 5.63. The van der Waals surface area contributed by atoms with Gasteiger partial charge in [-0.1, -0.05) is 27.7 Å². The van der Waals surface area contributed by atoms with Crippen LogP contribution in [-0.4, -0.2) is 25.7 Å². The summed E-state index contributed by atoms with van der Waals surface area (Å²) in [5.74, 6) is -0.0765. The number of hydrogen-bond acceptors (Lipinski definition) is 2. The van der Waals surface area contributed by atoms with Crippen LogP contribution >= 0.6 is 0 Å². The lowest BCUT2D eigenvalue weighted by Gasteiger charge is -2.17. The van der Waals surface area contributed by atoms with Gasteiger partial charge in [-0.25, -0.2) is 0 Å². The number of carbonyl (C=O) groups excluding carboxylic acids is 1. The lowest BCUT2D eigenvalue weighted by molar-refractivity contribution is 0.0950. The number of aryl methyl sites for hydroxylation is 1. The topological polar surface area (TPSA) is 78.5 Å². The summed E-state index contributed by atoms with van der Waals surface area (Å²) in [6.45, 7) is 9.38. The molecule has 0 aliphatic rings. The average molecular weight is 418 g/mol. The molecule has 6 heteroatoms. The zero-order valence-electron chi connectivity index (χ0n) is 19.0. The SMILES string of the molecule is CCc1c(-c2cc3cc(C(=O)NCc4cccn4C)ccc3[nH]2)n[nH]c1CC(C)(C)C. The molecule has 0 radical (unpaired) electrons. The van der Waals surface area contributed by atoms with Crippen LogP contribution in [0.25, 0.3) is 22.3 Å². The molecule has 3 heterocycles. The van der Waals surface area contributed by atoms with Gasteiger partial charge < -0.3 is 14.9 Å². The quantitative estimate of drug-likeness (QED) is 0.414. The molecule has 1 aromatic carbocycles. The maximum atomic E-state index is 12.7. The number of nitrogens with zero attached hydrogens (tertiary/aromatic N) is 2. The predicted octanol–water partition coefficient (Wildman–Crippen LogP) is 4.98. The lowest BCUT2D eigenvalue weighted by atomic mass is 9.88. The van der Waals surface area contributed by atoms with E-state index in [1.165, 1.54) is 11.3 Å². The molecular weight excluding hydrogens is 386 g/mol. The molecule has 0 aliphatic carbocycles. The van der Waals surface area contributed by atoms with Crippen molar-refractivity contribution in [3.8, 4) is 11.4 Å². The molecule has 4 aromatic rings. The molecule has 0 bridgehead atoms.